The fourth-order valence-corrected chi connectivity index (χ4v) is 2.91. The Labute approximate surface area is 119 Å². The molecule has 0 saturated carbocycles. The third-order valence-corrected chi connectivity index (χ3v) is 4.00. The largest absolute Gasteiger partial charge is 0.493 e. The minimum atomic E-state index is 0.106. The summed E-state index contributed by atoms with van der Waals surface area (Å²) in [4.78, 5) is 0. The Morgan fingerprint density at radius 2 is 2.30 bits per heavy atom. The number of ether oxygens (including phenoxy) is 1. The van der Waals surface area contributed by atoms with Crippen LogP contribution in [-0.4, -0.2) is 22.4 Å². The molecule has 2 aromatic rings. The van der Waals surface area contributed by atoms with Gasteiger partial charge in [-0.2, -0.15) is 5.10 Å². The molecule has 2 heterocycles. The quantitative estimate of drug-likeness (QED) is 0.928. The molecular weight excluding hydrogens is 250 g/mol. The minimum Gasteiger partial charge on any atom is -0.493 e. The molecule has 0 bridgehead atoms. The van der Waals surface area contributed by atoms with E-state index in [1.807, 2.05) is 23.0 Å². The Bertz CT molecular complexity index is 579. The number of fused-ring (bicyclic) bond motifs is 1. The van der Waals surface area contributed by atoms with E-state index in [4.69, 9.17) is 10.5 Å². The monoisotopic (exact) mass is 271 g/mol. The standard InChI is InChI=1S/C16H21N3O/c1-2-19-11-12(10-18-19)9-15(17)13-7-8-20-16-6-4-3-5-14(13)16/h3-6,10-11,13,15H,2,7-9,17H2,1H3. The fourth-order valence-electron chi connectivity index (χ4n) is 2.91. The van der Waals surface area contributed by atoms with Gasteiger partial charge in [-0.3, -0.25) is 4.68 Å². The molecule has 0 radical (unpaired) electrons. The lowest BCUT2D eigenvalue weighted by molar-refractivity contribution is 0.254. The highest BCUT2D eigenvalue weighted by molar-refractivity contribution is 5.38. The molecule has 1 aromatic carbocycles. The van der Waals surface area contributed by atoms with Gasteiger partial charge in [-0.05, 0) is 37.0 Å². The number of benzene rings is 1. The van der Waals surface area contributed by atoms with Crippen LogP contribution in [0.15, 0.2) is 36.7 Å². The molecule has 1 aromatic heterocycles. The first-order valence-corrected chi connectivity index (χ1v) is 7.26. The summed E-state index contributed by atoms with van der Waals surface area (Å²) < 4.78 is 7.65. The smallest absolute Gasteiger partial charge is 0.122 e. The maximum absolute atomic E-state index is 6.45. The van der Waals surface area contributed by atoms with Gasteiger partial charge in [0.15, 0.2) is 0 Å². The molecular formula is C16H21N3O. The summed E-state index contributed by atoms with van der Waals surface area (Å²) in [6.07, 6.45) is 5.86. The summed E-state index contributed by atoms with van der Waals surface area (Å²) in [5.41, 5.74) is 8.91. The van der Waals surface area contributed by atoms with Crippen LogP contribution in [0.1, 0.15) is 30.4 Å². The van der Waals surface area contributed by atoms with Gasteiger partial charge in [-0.25, -0.2) is 0 Å². The summed E-state index contributed by atoms with van der Waals surface area (Å²) in [5.74, 6) is 1.35. The van der Waals surface area contributed by atoms with Crippen molar-refractivity contribution < 1.29 is 4.74 Å². The molecule has 106 valence electrons. The van der Waals surface area contributed by atoms with E-state index < -0.39 is 0 Å². The van der Waals surface area contributed by atoms with E-state index in [2.05, 4.69) is 30.4 Å². The maximum Gasteiger partial charge on any atom is 0.122 e. The van der Waals surface area contributed by atoms with E-state index in [1.54, 1.807) is 0 Å². The molecule has 1 aliphatic rings. The van der Waals surface area contributed by atoms with Crippen LogP contribution in [-0.2, 0) is 13.0 Å². The summed E-state index contributed by atoms with van der Waals surface area (Å²) >= 11 is 0. The topological polar surface area (TPSA) is 53.1 Å². The first-order valence-electron chi connectivity index (χ1n) is 7.26. The first kappa shape index (κ1) is 13.2. The predicted molar refractivity (Wildman–Crippen MR) is 78.9 cm³/mol. The molecule has 20 heavy (non-hydrogen) atoms. The van der Waals surface area contributed by atoms with Gasteiger partial charge in [0.05, 0.1) is 12.8 Å². The summed E-state index contributed by atoms with van der Waals surface area (Å²) in [6, 6.07) is 8.34. The zero-order valence-electron chi connectivity index (χ0n) is 11.8. The van der Waals surface area contributed by atoms with Crippen molar-refractivity contribution >= 4 is 0 Å². The summed E-state index contributed by atoms with van der Waals surface area (Å²) in [7, 11) is 0. The molecule has 4 nitrogen and oxygen atoms in total. The van der Waals surface area contributed by atoms with Gasteiger partial charge in [-0.1, -0.05) is 18.2 Å². The fraction of sp³-hybridized carbons (Fsp3) is 0.438. The molecule has 1 aliphatic heterocycles. The maximum atomic E-state index is 6.45. The van der Waals surface area contributed by atoms with Gasteiger partial charge in [0.25, 0.3) is 0 Å². The van der Waals surface area contributed by atoms with Crippen LogP contribution < -0.4 is 10.5 Å². The average Bonchev–Trinajstić information content (AvgIpc) is 2.94. The third kappa shape index (κ3) is 2.56. The zero-order chi connectivity index (χ0) is 13.9. The highest BCUT2D eigenvalue weighted by Crippen LogP contribution is 2.35. The summed E-state index contributed by atoms with van der Waals surface area (Å²) in [5, 5.41) is 4.31. The number of aryl methyl sites for hydroxylation is 1. The normalized spacial score (nSPS) is 19.2. The molecule has 2 unspecified atom stereocenters. The molecule has 0 aliphatic carbocycles. The lowest BCUT2D eigenvalue weighted by Crippen LogP contribution is -2.33. The van der Waals surface area contributed by atoms with Gasteiger partial charge in [-0.15, -0.1) is 0 Å². The Kier molecular flexibility index (Phi) is 3.74. The Morgan fingerprint density at radius 1 is 1.45 bits per heavy atom. The molecule has 0 fully saturated rings. The van der Waals surface area contributed by atoms with Crippen LogP contribution >= 0.6 is 0 Å². The van der Waals surface area contributed by atoms with Crippen LogP contribution in [0.4, 0.5) is 0 Å². The van der Waals surface area contributed by atoms with E-state index in [9.17, 15) is 0 Å². The molecule has 2 N–H and O–H groups in total. The second-order valence-electron chi connectivity index (χ2n) is 5.35. The number of aromatic nitrogens is 2. The molecule has 0 saturated heterocycles. The Hall–Kier alpha value is -1.81. The van der Waals surface area contributed by atoms with Crippen molar-refractivity contribution in [2.75, 3.05) is 6.61 Å². The number of hydrogen-bond donors (Lipinski definition) is 1. The van der Waals surface area contributed by atoms with Gasteiger partial charge < -0.3 is 10.5 Å². The van der Waals surface area contributed by atoms with E-state index in [0.29, 0.717) is 5.92 Å². The zero-order valence-corrected chi connectivity index (χ0v) is 11.8. The predicted octanol–water partition coefficient (Wildman–Crippen LogP) is 2.34. The van der Waals surface area contributed by atoms with Gasteiger partial charge in [0.1, 0.15) is 5.75 Å². The lowest BCUT2D eigenvalue weighted by atomic mass is 9.84. The van der Waals surface area contributed by atoms with Gasteiger partial charge >= 0.3 is 0 Å². The van der Waals surface area contributed by atoms with Crippen LogP contribution in [0.5, 0.6) is 5.75 Å². The van der Waals surface area contributed by atoms with E-state index in [-0.39, 0.29) is 6.04 Å². The highest BCUT2D eigenvalue weighted by Gasteiger charge is 2.26. The number of nitrogens with two attached hydrogens (primary N) is 1. The van der Waals surface area contributed by atoms with Crippen molar-refractivity contribution in [2.24, 2.45) is 5.73 Å². The van der Waals surface area contributed by atoms with Crippen LogP contribution in [0.3, 0.4) is 0 Å². The lowest BCUT2D eigenvalue weighted by Gasteiger charge is -2.30. The SMILES string of the molecule is CCn1cc(CC(N)C2CCOc3ccccc32)cn1. The van der Waals surface area contributed by atoms with Crippen LogP contribution in [0.2, 0.25) is 0 Å². The Balaban J connectivity index is 1.76. The molecule has 0 spiro atoms. The van der Waals surface area contributed by atoms with Gasteiger partial charge in [0.2, 0.25) is 0 Å². The van der Waals surface area contributed by atoms with Crippen molar-refractivity contribution in [1.82, 2.24) is 9.78 Å². The average molecular weight is 271 g/mol. The van der Waals surface area contributed by atoms with E-state index in [1.165, 1.54) is 11.1 Å². The highest BCUT2D eigenvalue weighted by atomic mass is 16.5. The van der Waals surface area contributed by atoms with Crippen molar-refractivity contribution in [3.8, 4) is 5.75 Å². The van der Waals surface area contributed by atoms with E-state index >= 15 is 0 Å². The summed E-state index contributed by atoms with van der Waals surface area (Å²) in [6.45, 7) is 3.74. The molecule has 0 amide bonds. The molecule has 2 atom stereocenters. The van der Waals surface area contributed by atoms with Crippen molar-refractivity contribution in [1.29, 1.82) is 0 Å². The molecule has 3 rings (SSSR count). The second kappa shape index (κ2) is 5.67. The third-order valence-electron chi connectivity index (χ3n) is 4.00. The van der Waals surface area contributed by atoms with Crippen molar-refractivity contribution in [3.05, 3.63) is 47.8 Å². The Morgan fingerprint density at radius 3 is 3.10 bits per heavy atom. The van der Waals surface area contributed by atoms with Crippen molar-refractivity contribution in [3.63, 3.8) is 0 Å². The number of nitrogens with zero attached hydrogens (tertiary/aromatic N) is 2. The number of hydrogen-bond acceptors (Lipinski definition) is 3. The van der Waals surface area contributed by atoms with Crippen LogP contribution in [0, 0.1) is 0 Å². The first-order chi connectivity index (χ1) is 9.78. The number of rotatable bonds is 4. The second-order valence-corrected chi connectivity index (χ2v) is 5.35. The van der Waals surface area contributed by atoms with Gasteiger partial charge in [0, 0.05) is 24.7 Å². The van der Waals surface area contributed by atoms with E-state index in [0.717, 1.165) is 31.7 Å². The van der Waals surface area contributed by atoms with Crippen molar-refractivity contribution in [2.45, 2.75) is 38.3 Å². The van der Waals surface area contributed by atoms with Crippen LogP contribution in [0.25, 0.3) is 0 Å². The number of para-hydroxylation sites is 1. The molecule has 4 heteroatoms. The minimum absolute atomic E-state index is 0.106.